The van der Waals surface area contributed by atoms with Crippen LogP contribution in [-0.4, -0.2) is 45.3 Å². The summed E-state index contributed by atoms with van der Waals surface area (Å²) in [6, 6.07) is 6.69. The first-order valence-electron chi connectivity index (χ1n) is 7.42. The fraction of sp³-hybridized carbons (Fsp3) is 0.375. The Morgan fingerprint density at radius 2 is 2.13 bits per heavy atom. The SMILES string of the molecule is Cc1ccc([C@@H]2CN(C(=O)c3ccc(=O)n(C)n3)CCO2)nc1. The van der Waals surface area contributed by atoms with Gasteiger partial charge in [-0.3, -0.25) is 14.6 Å². The van der Waals surface area contributed by atoms with Gasteiger partial charge in [0.1, 0.15) is 11.8 Å². The van der Waals surface area contributed by atoms with Crippen LogP contribution >= 0.6 is 0 Å². The van der Waals surface area contributed by atoms with Gasteiger partial charge in [-0.1, -0.05) is 6.07 Å². The largest absolute Gasteiger partial charge is 0.368 e. The van der Waals surface area contributed by atoms with E-state index in [1.807, 2.05) is 19.1 Å². The van der Waals surface area contributed by atoms with Gasteiger partial charge < -0.3 is 9.64 Å². The van der Waals surface area contributed by atoms with Gasteiger partial charge >= 0.3 is 0 Å². The Morgan fingerprint density at radius 1 is 1.30 bits per heavy atom. The van der Waals surface area contributed by atoms with E-state index >= 15 is 0 Å². The minimum Gasteiger partial charge on any atom is -0.368 e. The lowest BCUT2D eigenvalue weighted by Gasteiger charge is -2.32. The van der Waals surface area contributed by atoms with Crippen molar-refractivity contribution >= 4 is 5.91 Å². The molecule has 0 radical (unpaired) electrons. The van der Waals surface area contributed by atoms with Gasteiger partial charge in [0, 0.05) is 25.9 Å². The normalized spacial score (nSPS) is 18.0. The van der Waals surface area contributed by atoms with Crippen molar-refractivity contribution < 1.29 is 9.53 Å². The molecule has 0 N–H and O–H groups in total. The van der Waals surface area contributed by atoms with E-state index in [9.17, 15) is 9.59 Å². The molecule has 23 heavy (non-hydrogen) atoms. The van der Waals surface area contributed by atoms with Crippen molar-refractivity contribution in [3.05, 3.63) is 57.8 Å². The van der Waals surface area contributed by atoms with E-state index in [1.165, 1.54) is 19.2 Å². The second-order valence-corrected chi connectivity index (χ2v) is 5.55. The Hall–Kier alpha value is -2.54. The summed E-state index contributed by atoms with van der Waals surface area (Å²) in [5.41, 5.74) is 1.89. The Bertz CT molecular complexity index is 770. The second kappa shape index (κ2) is 6.29. The number of pyridine rings is 1. The molecule has 1 aliphatic heterocycles. The topological polar surface area (TPSA) is 77.3 Å². The molecular weight excluding hydrogens is 296 g/mol. The molecule has 1 aliphatic rings. The van der Waals surface area contributed by atoms with Gasteiger partial charge in [-0.05, 0) is 24.6 Å². The number of ether oxygens (including phenoxy) is 1. The summed E-state index contributed by atoms with van der Waals surface area (Å²) in [5.74, 6) is -0.207. The van der Waals surface area contributed by atoms with Gasteiger partial charge in [0.15, 0.2) is 0 Å². The zero-order valence-electron chi connectivity index (χ0n) is 13.1. The van der Waals surface area contributed by atoms with Crippen molar-refractivity contribution in [1.82, 2.24) is 19.7 Å². The fourth-order valence-electron chi connectivity index (χ4n) is 2.46. The van der Waals surface area contributed by atoms with Gasteiger partial charge in [-0.15, -0.1) is 0 Å². The Labute approximate surface area is 133 Å². The summed E-state index contributed by atoms with van der Waals surface area (Å²) in [6.45, 7) is 3.32. The molecule has 0 spiro atoms. The Morgan fingerprint density at radius 3 is 2.83 bits per heavy atom. The van der Waals surface area contributed by atoms with E-state index in [1.54, 1.807) is 11.1 Å². The van der Waals surface area contributed by atoms with E-state index in [-0.39, 0.29) is 23.3 Å². The standard InChI is InChI=1S/C16H18N4O3/c1-11-3-4-12(17-9-11)14-10-20(7-8-23-14)16(22)13-5-6-15(21)19(2)18-13/h3-6,9,14H,7-8,10H2,1-2H3/t14-/m0/s1. The molecule has 1 atom stereocenters. The molecule has 3 heterocycles. The first kappa shape index (κ1) is 15.4. The molecule has 0 aromatic carbocycles. The summed E-state index contributed by atoms with van der Waals surface area (Å²) < 4.78 is 6.89. The summed E-state index contributed by atoms with van der Waals surface area (Å²) >= 11 is 0. The number of aryl methyl sites for hydroxylation is 2. The molecule has 0 saturated carbocycles. The number of amides is 1. The first-order chi connectivity index (χ1) is 11.0. The van der Waals surface area contributed by atoms with Crippen molar-refractivity contribution in [3.8, 4) is 0 Å². The van der Waals surface area contributed by atoms with E-state index in [4.69, 9.17) is 4.74 Å². The van der Waals surface area contributed by atoms with Crippen LogP contribution in [0.15, 0.2) is 35.3 Å². The number of morpholine rings is 1. The van der Waals surface area contributed by atoms with Crippen LogP contribution in [-0.2, 0) is 11.8 Å². The van der Waals surface area contributed by atoms with Crippen LogP contribution in [0.5, 0.6) is 0 Å². The van der Waals surface area contributed by atoms with Crippen LogP contribution < -0.4 is 5.56 Å². The van der Waals surface area contributed by atoms with Crippen molar-refractivity contribution in [2.24, 2.45) is 7.05 Å². The van der Waals surface area contributed by atoms with E-state index in [2.05, 4.69) is 10.1 Å². The maximum atomic E-state index is 12.6. The number of nitrogens with zero attached hydrogens (tertiary/aromatic N) is 4. The quantitative estimate of drug-likeness (QED) is 0.815. The zero-order chi connectivity index (χ0) is 16.4. The van der Waals surface area contributed by atoms with E-state index in [0.29, 0.717) is 19.7 Å². The average molecular weight is 314 g/mol. The highest BCUT2D eigenvalue weighted by molar-refractivity contribution is 5.92. The minimum atomic E-state index is -0.249. The molecule has 2 aromatic rings. The molecule has 1 amide bonds. The summed E-state index contributed by atoms with van der Waals surface area (Å²) in [7, 11) is 1.53. The monoisotopic (exact) mass is 314 g/mol. The highest BCUT2D eigenvalue weighted by Gasteiger charge is 2.27. The molecule has 0 bridgehead atoms. The number of hydrogen-bond donors (Lipinski definition) is 0. The molecule has 3 rings (SSSR count). The average Bonchev–Trinajstić information content (AvgIpc) is 2.57. The van der Waals surface area contributed by atoms with E-state index < -0.39 is 0 Å². The van der Waals surface area contributed by atoms with Gasteiger partial charge in [-0.2, -0.15) is 5.10 Å². The third kappa shape index (κ3) is 3.29. The fourth-order valence-corrected chi connectivity index (χ4v) is 2.46. The Kier molecular flexibility index (Phi) is 4.20. The number of hydrogen-bond acceptors (Lipinski definition) is 5. The molecule has 0 unspecified atom stereocenters. The first-order valence-corrected chi connectivity index (χ1v) is 7.42. The van der Waals surface area contributed by atoms with Gasteiger partial charge in [0.2, 0.25) is 0 Å². The van der Waals surface area contributed by atoms with Crippen LogP contribution in [0.4, 0.5) is 0 Å². The summed E-state index contributed by atoms with van der Waals surface area (Å²) in [5, 5.41) is 4.01. The van der Waals surface area contributed by atoms with Crippen LogP contribution in [0.3, 0.4) is 0 Å². The molecule has 2 aromatic heterocycles. The van der Waals surface area contributed by atoms with Crippen LogP contribution in [0, 0.1) is 6.92 Å². The van der Waals surface area contributed by atoms with Gasteiger partial charge in [0.05, 0.1) is 18.8 Å². The second-order valence-electron chi connectivity index (χ2n) is 5.55. The lowest BCUT2D eigenvalue weighted by molar-refractivity contribution is -0.0250. The number of carbonyl (C=O) groups is 1. The summed E-state index contributed by atoms with van der Waals surface area (Å²) in [6.07, 6.45) is 1.54. The number of rotatable bonds is 2. The highest BCUT2D eigenvalue weighted by Crippen LogP contribution is 2.21. The smallest absolute Gasteiger partial charge is 0.274 e. The summed E-state index contributed by atoms with van der Waals surface area (Å²) in [4.78, 5) is 30.0. The number of carbonyl (C=O) groups excluding carboxylic acids is 1. The minimum absolute atomic E-state index is 0.207. The molecule has 1 saturated heterocycles. The predicted molar refractivity (Wildman–Crippen MR) is 83.0 cm³/mol. The lowest BCUT2D eigenvalue weighted by atomic mass is 10.1. The zero-order valence-corrected chi connectivity index (χ0v) is 13.1. The molecule has 1 fully saturated rings. The number of aromatic nitrogens is 3. The van der Waals surface area contributed by atoms with Crippen LogP contribution in [0.25, 0.3) is 0 Å². The molecule has 7 heteroatoms. The molecule has 0 aliphatic carbocycles. The predicted octanol–water partition coefficient (Wildman–Crippen LogP) is 0.697. The Balaban J connectivity index is 1.77. The van der Waals surface area contributed by atoms with Gasteiger partial charge in [-0.25, -0.2) is 4.68 Å². The maximum Gasteiger partial charge on any atom is 0.274 e. The van der Waals surface area contributed by atoms with Crippen molar-refractivity contribution in [2.75, 3.05) is 19.7 Å². The van der Waals surface area contributed by atoms with Gasteiger partial charge in [0.25, 0.3) is 11.5 Å². The highest BCUT2D eigenvalue weighted by atomic mass is 16.5. The van der Waals surface area contributed by atoms with Crippen molar-refractivity contribution in [3.63, 3.8) is 0 Å². The lowest BCUT2D eigenvalue weighted by Crippen LogP contribution is -2.43. The third-order valence-electron chi connectivity index (χ3n) is 3.80. The maximum absolute atomic E-state index is 12.6. The molecule has 120 valence electrons. The molecule has 7 nitrogen and oxygen atoms in total. The van der Waals surface area contributed by atoms with Crippen molar-refractivity contribution in [2.45, 2.75) is 13.0 Å². The third-order valence-corrected chi connectivity index (χ3v) is 3.80. The van der Waals surface area contributed by atoms with Crippen molar-refractivity contribution in [1.29, 1.82) is 0 Å². The van der Waals surface area contributed by atoms with Crippen LogP contribution in [0.1, 0.15) is 27.8 Å². The van der Waals surface area contributed by atoms with E-state index in [0.717, 1.165) is 15.9 Å². The molecular formula is C16H18N4O3. The van der Waals surface area contributed by atoms with Crippen LogP contribution in [0.2, 0.25) is 0 Å².